The van der Waals surface area contributed by atoms with E-state index in [0.29, 0.717) is 33.6 Å². The molecule has 8 heteroatoms. The molecule has 1 aromatic heterocycles. The molecule has 0 saturated heterocycles. The minimum absolute atomic E-state index is 0.165. The fourth-order valence-corrected chi connectivity index (χ4v) is 4.49. The second kappa shape index (κ2) is 11.5. The molecule has 0 aliphatic rings. The average Bonchev–Trinajstić information content (AvgIpc) is 3.26. The lowest BCUT2D eigenvalue weighted by atomic mass is 10.0. The number of H-pyrrole nitrogens is 1. The van der Waals surface area contributed by atoms with Gasteiger partial charge in [-0.05, 0) is 35.8 Å². The molecule has 1 atom stereocenters. The van der Waals surface area contributed by atoms with Crippen LogP contribution in [0.1, 0.15) is 41.3 Å². The highest BCUT2D eigenvalue weighted by Gasteiger charge is 2.21. The summed E-state index contributed by atoms with van der Waals surface area (Å²) in [5, 5.41) is 20.1. The number of ether oxygens (including phenoxy) is 3. The number of hydrogen-bond donors (Lipinski definition) is 3. The standard InChI is InChI=1S/C26H31NO6S/c1-15(2)16-6-7-20-18(12-27-21(20)8-16)11-24(34-14-19(29)13-28)25(30)17-9-22(31-3)26(33-5)23(10-17)32-4/h6-12,15,19,27-29H,13-14H2,1-5H3/b24-11-. The smallest absolute Gasteiger partial charge is 0.203 e. The summed E-state index contributed by atoms with van der Waals surface area (Å²) in [7, 11) is 4.49. The van der Waals surface area contributed by atoms with E-state index >= 15 is 0 Å². The van der Waals surface area contributed by atoms with Crippen LogP contribution in [0.4, 0.5) is 0 Å². The Morgan fingerprint density at radius 2 is 1.76 bits per heavy atom. The van der Waals surface area contributed by atoms with Crippen LogP contribution in [0.15, 0.2) is 41.4 Å². The van der Waals surface area contributed by atoms with Gasteiger partial charge in [-0.3, -0.25) is 4.79 Å². The second-order valence-electron chi connectivity index (χ2n) is 8.10. The summed E-state index contributed by atoms with van der Waals surface area (Å²) < 4.78 is 16.2. The van der Waals surface area contributed by atoms with Gasteiger partial charge in [-0.15, -0.1) is 11.8 Å². The van der Waals surface area contributed by atoms with Gasteiger partial charge >= 0.3 is 0 Å². The SMILES string of the molecule is COc1cc(C(=O)/C(=C/c2c[nH]c3cc(C(C)C)ccc23)SCC(O)CO)cc(OC)c1OC. The quantitative estimate of drug-likeness (QED) is 0.269. The Bertz CT molecular complexity index is 1160. The zero-order valence-electron chi connectivity index (χ0n) is 20.0. The number of aliphatic hydroxyl groups is 2. The predicted molar refractivity (Wildman–Crippen MR) is 136 cm³/mol. The number of carbonyl (C=O) groups is 1. The Kier molecular flexibility index (Phi) is 8.66. The number of nitrogens with one attached hydrogen (secondary N) is 1. The molecule has 0 bridgehead atoms. The number of aromatic nitrogens is 1. The van der Waals surface area contributed by atoms with Gasteiger partial charge in [-0.1, -0.05) is 26.0 Å². The molecule has 0 saturated carbocycles. The van der Waals surface area contributed by atoms with Gasteiger partial charge in [-0.25, -0.2) is 0 Å². The summed E-state index contributed by atoms with van der Waals surface area (Å²) in [5.41, 5.74) is 3.41. The van der Waals surface area contributed by atoms with E-state index < -0.39 is 6.10 Å². The van der Waals surface area contributed by atoms with E-state index in [9.17, 15) is 15.0 Å². The Morgan fingerprint density at radius 3 is 2.32 bits per heavy atom. The third kappa shape index (κ3) is 5.58. The molecular weight excluding hydrogens is 454 g/mol. The number of allylic oxidation sites excluding steroid dienone is 1. The van der Waals surface area contributed by atoms with Crippen molar-refractivity contribution in [3.05, 3.63) is 58.1 Å². The van der Waals surface area contributed by atoms with Gasteiger partial charge in [0.05, 0.1) is 38.9 Å². The van der Waals surface area contributed by atoms with Crippen LogP contribution in [0, 0.1) is 0 Å². The van der Waals surface area contributed by atoms with E-state index in [2.05, 4.69) is 31.0 Å². The van der Waals surface area contributed by atoms with Crippen molar-refractivity contribution in [2.45, 2.75) is 25.9 Å². The van der Waals surface area contributed by atoms with Crippen LogP contribution in [-0.4, -0.2) is 60.8 Å². The van der Waals surface area contributed by atoms with Crippen molar-refractivity contribution in [3.8, 4) is 17.2 Å². The van der Waals surface area contributed by atoms with Gasteiger partial charge in [-0.2, -0.15) is 0 Å². The summed E-state index contributed by atoms with van der Waals surface area (Å²) in [6.07, 6.45) is 2.71. The zero-order chi connectivity index (χ0) is 24.8. The molecule has 1 heterocycles. The zero-order valence-corrected chi connectivity index (χ0v) is 20.9. The van der Waals surface area contributed by atoms with Crippen molar-refractivity contribution >= 4 is 34.5 Å². The molecule has 2 aromatic carbocycles. The third-order valence-corrected chi connectivity index (χ3v) is 6.65. The second-order valence-corrected chi connectivity index (χ2v) is 9.16. The molecule has 182 valence electrons. The normalized spacial score (nSPS) is 12.8. The molecule has 0 aliphatic heterocycles. The number of methoxy groups -OCH3 is 3. The fraction of sp³-hybridized carbons (Fsp3) is 0.346. The molecule has 0 spiro atoms. The van der Waals surface area contributed by atoms with E-state index in [4.69, 9.17) is 14.2 Å². The number of thioether (sulfide) groups is 1. The van der Waals surface area contributed by atoms with Gasteiger partial charge in [0.25, 0.3) is 0 Å². The van der Waals surface area contributed by atoms with E-state index in [1.165, 1.54) is 38.7 Å². The van der Waals surface area contributed by atoms with Crippen molar-refractivity contribution in [1.29, 1.82) is 0 Å². The molecule has 1 unspecified atom stereocenters. The van der Waals surface area contributed by atoms with Gasteiger partial charge < -0.3 is 29.4 Å². The number of Topliss-reactive ketones (excluding diaryl/α,β-unsaturated/α-hetero) is 1. The highest BCUT2D eigenvalue weighted by molar-refractivity contribution is 8.04. The van der Waals surface area contributed by atoms with Crippen molar-refractivity contribution in [3.63, 3.8) is 0 Å². The average molecular weight is 486 g/mol. The van der Waals surface area contributed by atoms with Crippen LogP contribution in [0.5, 0.6) is 17.2 Å². The van der Waals surface area contributed by atoms with Gasteiger partial charge in [0.1, 0.15) is 0 Å². The van der Waals surface area contributed by atoms with Crippen molar-refractivity contribution in [2.75, 3.05) is 33.7 Å². The molecule has 3 rings (SSSR count). The molecular formula is C26H31NO6S. The molecule has 7 nitrogen and oxygen atoms in total. The maximum Gasteiger partial charge on any atom is 0.203 e. The van der Waals surface area contributed by atoms with Crippen molar-refractivity contribution in [2.24, 2.45) is 0 Å². The van der Waals surface area contributed by atoms with E-state index in [-0.39, 0.29) is 18.1 Å². The lowest BCUT2D eigenvalue weighted by Gasteiger charge is -2.15. The maximum atomic E-state index is 13.6. The van der Waals surface area contributed by atoms with Crippen LogP contribution in [-0.2, 0) is 0 Å². The van der Waals surface area contributed by atoms with Crippen LogP contribution >= 0.6 is 11.8 Å². The molecule has 3 N–H and O–H groups in total. The predicted octanol–water partition coefficient (Wildman–Crippen LogP) is 4.63. The topological polar surface area (TPSA) is 101 Å². The number of hydrogen-bond acceptors (Lipinski definition) is 7. The third-order valence-electron chi connectivity index (χ3n) is 5.48. The minimum atomic E-state index is -0.947. The number of aromatic amines is 1. The van der Waals surface area contributed by atoms with Crippen molar-refractivity contribution in [1.82, 2.24) is 4.98 Å². The monoisotopic (exact) mass is 485 g/mol. The first-order valence-electron chi connectivity index (χ1n) is 10.9. The molecule has 0 amide bonds. The number of aliphatic hydroxyl groups excluding tert-OH is 2. The Labute approximate surface area is 203 Å². The van der Waals surface area contributed by atoms with Crippen LogP contribution in [0.3, 0.4) is 0 Å². The lowest BCUT2D eigenvalue weighted by Crippen LogP contribution is -2.16. The number of ketones is 1. The molecule has 0 aliphatic carbocycles. The Hall–Kier alpha value is -2.94. The number of carbonyl (C=O) groups excluding carboxylic acids is 1. The highest BCUT2D eigenvalue weighted by Crippen LogP contribution is 2.39. The van der Waals surface area contributed by atoms with Gasteiger partial charge in [0, 0.05) is 34.0 Å². The first-order chi connectivity index (χ1) is 16.3. The van der Waals surface area contributed by atoms with Crippen molar-refractivity contribution < 1.29 is 29.2 Å². The van der Waals surface area contributed by atoms with Crippen LogP contribution in [0.25, 0.3) is 17.0 Å². The van der Waals surface area contributed by atoms with Crippen LogP contribution < -0.4 is 14.2 Å². The molecule has 34 heavy (non-hydrogen) atoms. The summed E-state index contributed by atoms with van der Waals surface area (Å²) in [4.78, 5) is 17.3. The fourth-order valence-electron chi connectivity index (χ4n) is 3.55. The van der Waals surface area contributed by atoms with E-state index in [1.807, 2.05) is 12.3 Å². The summed E-state index contributed by atoms with van der Waals surface area (Å²) in [6.45, 7) is 3.90. The first-order valence-corrected chi connectivity index (χ1v) is 11.9. The summed E-state index contributed by atoms with van der Waals surface area (Å²) in [5.74, 6) is 1.45. The minimum Gasteiger partial charge on any atom is -0.493 e. The van der Waals surface area contributed by atoms with E-state index in [1.54, 1.807) is 18.2 Å². The molecule has 3 aromatic rings. The summed E-state index contributed by atoms with van der Waals surface area (Å²) >= 11 is 1.18. The number of fused-ring (bicyclic) bond motifs is 1. The maximum absolute atomic E-state index is 13.6. The number of rotatable bonds is 11. The lowest BCUT2D eigenvalue weighted by molar-refractivity contribution is 0.104. The Balaban J connectivity index is 2.07. The highest BCUT2D eigenvalue weighted by atomic mass is 32.2. The number of benzene rings is 2. The largest absolute Gasteiger partial charge is 0.493 e. The first kappa shape index (κ1) is 25.7. The molecule has 0 radical (unpaired) electrons. The van der Waals surface area contributed by atoms with Gasteiger partial charge in [0.15, 0.2) is 17.3 Å². The van der Waals surface area contributed by atoms with Gasteiger partial charge in [0.2, 0.25) is 5.75 Å². The van der Waals surface area contributed by atoms with E-state index in [0.717, 1.165) is 16.5 Å². The summed E-state index contributed by atoms with van der Waals surface area (Å²) in [6, 6.07) is 9.44. The molecule has 0 fully saturated rings. The van der Waals surface area contributed by atoms with Crippen LogP contribution in [0.2, 0.25) is 0 Å². The Morgan fingerprint density at radius 1 is 1.09 bits per heavy atom.